The normalized spacial score (nSPS) is 13.1. The molecule has 0 radical (unpaired) electrons. The third kappa shape index (κ3) is 3.41. The summed E-state index contributed by atoms with van der Waals surface area (Å²) in [6.45, 7) is 2.50. The Morgan fingerprint density at radius 3 is 2.40 bits per heavy atom. The lowest BCUT2D eigenvalue weighted by molar-refractivity contribution is -0.699. The number of hydroxylamine groups is 2. The Morgan fingerprint density at radius 2 is 1.76 bits per heavy atom. The van der Waals surface area contributed by atoms with E-state index >= 15 is 0 Å². The zero-order valence-corrected chi connectivity index (χ0v) is 13.7. The molecule has 2 aromatic rings. The minimum absolute atomic E-state index is 0.0996. The van der Waals surface area contributed by atoms with Gasteiger partial charge in [0.25, 0.3) is 11.8 Å². The van der Waals surface area contributed by atoms with Gasteiger partial charge in [-0.05, 0) is 25.1 Å². The largest absolute Gasteiger partial charge is 0.462 e. The number of hydrogen-bond acceptors (Lipinski definition) is 5. The summed E-state index contributed by atoms with van der Waals surface area (Å²) in [5.41, 5.74) is 1.10. The maximum Gasteiger partial charge on any atom is 0.344 e. The molecule has 0 saturated carbocycles. The minimum atomic E-state index is -0.467. The van der Waals surface area contributed by atoms with Gasteiger partial charge in [-0.1, -0.05) is 12.1 Å². The predicted octanol–water partition coefficient (Wildman–Crippen LogP) is 1.38. The SMILES string of the molecule is CCOC(=O)c1ccc[n+](CCON2C(=O)c3ccccc3C2=O)c1. The highest BCUT2D eigenvalue weighted by atomic mass is 16.7. The molecule has 2 amide bonds. The van der Waals surface area contributed by atoms with E-state index in [1.54, 1.807) is 60.3 Å². The van der Waals surface area contributed by atoms with Gasteiger partial charge in [0.2, 0.25) is 0 Å². The van der Waals surface area contributed by atoms with Crippen molar-refractivity contribution in [2.75, 3.05) is 13.2 Å². The third-order valence-electron chi connectivity index (χ3n) is 3.70. The molecule has 3 rings (SSSR count). The van der Waals surface area contributed by atoms with Crippen molar-refractivity contribution >= 4 is 17.8 Å². The number of esters is 1. The van der Waals surface area contributed by atoms with Gasteiger partial charge >= 0.3 is 5.97 Å². The zero-order chi connectivity index (χ0) is 17.8. The number of aromatic nitrogens is 1. The molecule has 0 N–H and O–H groups in total. The number of nitrogens with zero attached hydrogens (tertiary/aromatic N) is 2. The van der Waals surface area contributed by atoms with Crippen LogP contribution in [-0.4, -0.2) is 36.1 Å². The van der Waals surface area contributed by atoms with E-state index in [0.29, 0.717) is 29.8 Å². The van der Waals surface area contributed by atoms with E-state index in [-0.39, 0.29) is 6.61 Å². The second-order valence-corrected chi connectivity index (χ2v) is 5.33. The smallest absolute Gasteiger partial charge is 0.344 e. The van der Waals surface area contributed by atoms with Gasteiger partial charge in [-0.25, -0.2) is 9.36 Å². The van der Waals surface area contributed by atoms with Crippen molar-refractivity contribution in [3.05, 3.63) is 65.5 Å². The Kier molecular flexibility index (Phi) is 4.85. The van der Waals surface area contributed by atoms with Crippen LogP contribution in [0.15, 0.2) is 48.8 Å². The molecule has 0 unspecified atom stereocenters. The maximum atomic E-state index is 12.2. The second-order valence-electron chi connectivity index (χ2n) is 5.33. The summed E-state index contributed by atoms with van der Waals surface area (Å²) >= 11 is 0. The molecule has 0 spiro atoms. The average Bonchev–Trinajstić information content (AvgIpc) is 2.87. The first-order valence-electron chi connectivity index (χ1n) is 7.88. The van der Waals surface area contributed by atoms with E-state index in [4.69, 9.17) is 9.57 Å². The highest BCUT2D eigenvalue weighted by Gasteiger charge is 2.36. The van der Waals surface area contributed by atoms with E-state index in [1.807, 2.05) is 0 Å². The number of fused-ring (bicyclic) bond motifs is 1. The van der Waals surface area contributed by atoms with Gasteiger partial charge in [0.05, 0.1) is 17.7 Å². The fourth-order valence-electron chi connectivity index (χ4n) is 2.52. The molecule has 0 saturated heterocycles. The molecule has 7 heteroatoms. The van der Waals surface area contributed by atoms with Crippen molar-refractivity contribution < 1.29 is 28.5 Å². The first-order valence-corrected chi connectivity index (χ1v) is 7.88. The number of imide groups is 1. The van der Waals surface area contributed by atoms with E-state index in [9.17, 15) is 14.4 Å². The Balaban J connectivity index is 1.61. The summed E-state index contributed by atoms with van der Waals surface area (Å²) in [7, 11) is 0. The van der Waals surface area contributed by atoms with Crippen LogP contribution in [0.4, 0.5) is 0 Å². The Hall–Kier alpha value is -3.06. The summed E-state index contributed by atoms with van der Waals surface area (Å²) in [5, 5.41) is 0.778. The van der Waals surface area contributed by atoms with Crippen LogP contribution in [-0.2, 0) is 16.1 Å². The highest BCUT2D eigenvalue weighted by Crippen LogP contribution is 2.22. The molecule has 0 bridgehead atoms. The van der Waals surface area contributed by atoms with Crippen molar-refractivity contribution in [3.8, 4) is 0 Å². The quantitative estimate of drug-likeness (QED) is 0.451. The fraction of sp³-hybridized carbons (Fsp3) is 0.222. The van der Waals surface area contributed by atoms with E-state index in [2.05, 4.69) is 0 Å². The second kappa shape index (κ2) is 7.23. The van der Waals surface area contributed by atoms with Crippen molar-refractivity contribution in [1.29, 1.82) is 0 Å². The van der Waals surface area contributed by atoms with Crippen LogP contribution in [0.2, 0.25) is 0 Å². The Morgan fingerprint density at radius 1 is 1.08 bits per heavy atom. The lowest BCUT2D eigenvalue weighted by atomic mass is 10.1. The first-order chi connectivity index (χ1) is 12.1. The van der Waals surface area contributed by atoms with Crippen molar-refractivity contribution in [2.24, 2.45) is 0 Å². The number of rotatable bonds is 6. The lowest BCUT2D eigenvalue weighted by Crippen LogP contribution is -2.39. The van der Waals surface area contributed by atoms with E-state index < -0.39 is 17.8 Å². The van der Waals surface area contributed by atoms with Crippen LogP contribution >= 0.6 is 0 Å². The van der Waals surface area contributed by atoms with Gasteiger partial charge in [0.15, 0.2) is 18.9 Å². The summed E-state index contributed by atoms with van der Waals surface area (Å²) in [5.74, 6) is -1.34. The molecule has 25 heavy (non-hydrogen) atoms. The lowest BCUT2D eigenvalue weighted by Gasteiger charge is -2.11. The molecule has 2 heterocycles. The zero-order valence-electron chi connectivity index (χ0n) is 13.7. The van der Waals surface area contributed by atoms with Gasteiger partial charge < -0.3 is 4.74 Å². The van der Waals surface area contributed by atoms with Crippen molar-refractivity contribution in [3.63, 3.8) is 0 Å². The van der Waals surface area contributed by atoms with E-state index in [1.165, 1.54) is 0 Å². The summed E-state index contributed by atoms with van der Waals surface area (Å²) in [4.78, 5) is 41.4. The number of carbonyl (C=O) groups is 3. The Labute approximate surface area is 144 Å². The van der Waals surface area contributed by atoms with Crippen molar-refractivity contribution in [2.45, 2.75) is 13.5 Å². The van der Waals surface area contributed by atoms with Crippen LogP contribution in [0.5, 0.6) is 0 Å². The first kappa shape index (κ1) is 16.8. The highest BCUT2D eigenvalue weighted by molar-refractivity contribution is 6.20. The summed E-state index contributed by atoms with van der Waals surface area (Å²) < 4.78 is 6.68. The van der Waals surface area contributed by atoms with E-state index in [0.717, 1.165) is 5.06 Å². The molecule has 1 aliphatic heterocycles. The van der Waals surface area contributed by atoms with Crippen LogP contribution in [0.3, 0.4) is 0 Å². The molecule has 7 nitrogen and oxygen atoms in total. The molecule has 0 atom stereocenters. The van der Waals surface area contributed by atoms with Crippen LogP contribution in [0, 0.1) is 0 Å². The standard InChI is InChI=1S/C18H17N2O5/c1-2-24-18(23)13-6-5-9-19(12-13)10-11-25-20-16(21)14-7-3-4-8-15(14)17(20)22/h3-9,12H,2,10-11H2,1H3/q+1. The number of amides is 2. The number of pyridine rings is 1. The fourth-order valence-corrected chi connectivity index (χ4v) is 2.52. The molecular formula is C18H17N2O5+. The van der Waals surface area contributed by atoms with Gasteiger partial charge in [0, 0.05) is 6.07 Å². The Bertz CT molecular complexity index is 799. The molecule has 0 aliphatic carbocycles. The van der Waals surface area contributed by atoms with Gasteiger partial charge in [-0.15, -0.1) is 5.06 Å². The molecule has 1 aromatic heterocycles. The third-order valence-corrected chi connectivity index (χ3v) is 3.70. The van der Waals surface area contributed by atoms with Gasteiger partial charge in [-0.2, -0.15) is 0 Å². The number of ether oxygens (including phenoxy) is 1. The van der Waals surface area contributed by atoms with Gasteiger partial charge in [-0.3, -0.25) is 14.4 Å². The van der Waals surface area contributed by atoms with Gasteiger partial charge in [0.1, 0.15) is 12.2 Å². The minimum Gasteiger partial charge on any atom is -0.462 e. The van der Waals surface area contributed by atoms with Crippen LogP contribution in [0.25, 0.3) is 0 Å². The maximum absolute atomic E-state index is 12.2. The van der Waals surface area contributed by atoms with Crippen molar-refractivity contribution in [1.82, 2.24) is 5.06 Å². The molecular weight excluding hydrogens is 324 g/mol. The number of carbonyl (C=O) groups excluding carboxylic acids is 3. The van der Waals surface area contributed by atoms with Crippen LogP contribution < -0.4 is 4.57 Å². The molecule has 1 aliphatic rings. The summed E-state index contributed by atoms with van der Waals surface area (Å²) in [6.07, 6.45) is 3.39. The summed E-state index contributed by atoms with van der Waals surface area (Å²) in [6, 6.07) is 9.95. The van der Waals surface area contributed by atoms with Crippen LogP contribution in [0.1, 0.15) is 38.0 Å². The molecule has 0 fully saturated rings. The monoisotopic (exact) mass is 341 g/mol. The molecule has 1 aromatic carbocycles. The predicted molar refractivity (Wildman–Crippen MR) is 85.5 cm³/mol. The molecule has 128 valence electrons. The topological polar surface area (TPSA) is 76.8 Å². The average molecular weight is 341 g/mol. The number of benzene rings is 1. The number of hydrogen-bond donors (Lipinski definition) is 0.